The van der Waals surface area contributed by atoms with E-state index in [9.17, 15) is 0 Å². The van der Waals surface area contributed by atoms with Gasteiger partial charge in [0, 0.05) is 25.6 Å². The first-order valence-electron chi connectivity index (χ1n) is 9.70. The molecule has 144 valence electrons. The zero-order chi connectivity index (χ0) is 18.9. The van der Waals surface area contributed by atoms with E-state index >= 15 is 0 Å². The van der Waals surface area contributed by atoms with Crippen LogP contribution in [0.5, 0.6) is 11.5 Å². The summed E-state index contributed by atoms with van der Waals surface area (Å²) in [6.45, 7) is 4.39. The topological polar surface area (TPSA) is 54.9 Å². The lowest BCUT2D eigenvalue weighted by molar-refractivity contribution is 0.261. The van der Waals surface area contributed by atoms with Gasteiger partial charge in [0.15, 0.2) is 5.96 Å². The smallest absolute Gasteiger partial charge is 0.191 e. The Labute approximate surface area is 161 Å². The van der Waals surface area contributed by atoms with Gasteiger partial charge in [-0.15, -0.1) is 0 Å². The number of para-hydroxylation sites is 1. The van der Waals surface area contributed by atoms with Crippen LogP contribution in [-0.4, -0.2) is 32.8 Å². The van der Waals surface area contributed by atoms with Gasteiger partial charge in [0.1, 0.15) is 11.5 Å². The number of nitrogens with zero attached hydrogens (tertiary/aromatic N) is 1. The summed E-state index contributed by atoms with van der Waals surface area (Å²) in [5, 5.41) is 6.94. The number of aliphatic imine (C=N–C) groups is 1. The van der Waals surface area contributed by atoms with Crippen molar-refractivity contribution >= 4 is 5.96 Å². The molecule has 1 aliphatic rings. The van der Waals surface area contributed by atoms with Crippen molar-refractivity contribution in [1.82, 2.24) is 10.6 Å². The number of ether oxygens (including phenoxy) is 2. The minimum absolute atomic E-state index is 0.215. The van der Waals surface area contributed by atoms with Crippen LogP contribution in [0.1, 0.15) is 36.9 Å². The summed E-state index contributed by atoms with van der Waals surface area (Å²) in [6, 6.07) is 16.7. The Bertz CT molecular complexity index is 761. The van der Waals surface area contributed by atoms with Crippen LogP contribution in [0.2, 0.25) is 0 Å². The van der Waals surface area contributed by atoms with Gasteiger partial charge in [-0.25, -0.2) is 0 Å². The summed E-state index contributed by atoms with van der Waals surface area (Å²) in [7, 11) is 1.81. The highest BCUT2D eigenvalue weighted by atomic mass is 16.5. The molecule has 0 fully saturated rings. The second-order valence-electron chi connectivity index (χ2n) is 6.62. The molecule has 27 heavy (non-hydrogen) atoms. The SMILES string of the molecule is CCCOc1cccc(CCNC(=NC)NC2CCOc3ccccc32)c1. The Morgan fingerprint density at radius 3 is 2.96 bits per heavy atom. The van der Waals surface area contributed by atoms with Crippen molar-refractivity contribution in [3.05, 3.63) is 59.7 Å². The van der Waals surface area contributed by atoms with Gasteiger partial charge in [0.2, 0.25) is 0 Å². The number of hydrogen-bond acceptors (Lipinski definition) is 3. The Hall–Kier alpha value is -2.69. The fraction of sp³-hybridized carbons (Fsp3) is 0.409. The molecule has 2 aromatic carbocycles. The molecule has 1 atom stereocenters. The lowest BCUT2D eigenvalue weighted by Crippen LogP contribution is -2.41. The number of hydrogen-bond donors (Lipinski definition) is 2. The summed E-state index contributed by atoms with van der Waals surface area (Å²) in [4.78, 5) is 4.37. The van der Waals surface area contributed by atoms with Crippen LogP contribution in [0.25, 0.3) is 0 Å². The summed E-state index contributed by atoms with van der Waals surface area (Å²) < 4.78 is 11.4. The lowest BCUT2D eigenvalue weighted by Gasteiger charge is -2.28. The van der Waals surface area contributed by atoms with E-state index in [1.807, 2.05) is 30.3 Å². The van der Waals surface area contributed by atoms with Gasteiger partial charge in [-0.1, -0.05) is 37.3 Å². The van der Waals surface area contributed by atoms with Crippen molar-refractivity contribution in [3.63, 3.8) is 0 Å². The molecule has 0 amide bonds. The fourth-order valence-corrected chi connectivity index (χ4v) is 3.19. The van der Waals surface area contributed by atoms with Gasteiger partial charge in [-0.05, 0) is 36.6 Å². The first-order chi connectivity index (χ1) is 13.3. The maximum absolute atomic E-state index is 5.73. The number of nitrogens with one attached hydrogen (secondary N) is 2. The third kappa shape index (κ3) is 5.39. The first kappa shape index (κ1) is 19.1. The number of guanidine groups is 1. The molecule has 0 bridgehead atoms. The summed E-state index contributed by atoms with van der Waals surface area (Å²) in [5.74, 6) is 2.71. The van der Waals surface area contributed by atoms with Crippen LogP contribution < -0.4 is 20.1 Å². The average molecular weight is 367 g/mol. The Balaban J connectivity index is 1.52. The van der Waals surface area contributed by atoms with E-state index < -0.39 is 0 Å². The van der Waals surface area contributed by atoms with Crippen LogP contribution in [0, 0.1) is 0 Å². The highest BCUT2D eigenvalue weighted by molar-refractivity contribution is 5.80. The Morgan fingerprint density at radius 1 is 1.22 bits per heavy atom. The highest BCUT2D eigenvalue weighted by Gasteiger charge is 2.21. The number of fused-ring (bicyclic) bond motifs is 1. The molecule has 0 aliphatic carbocycles. The van der Waals surface area contributed by atoms with Gasteiger partial charge in [0.05, 0.1) is 19.3 Å². The largest absolute Gasteiger partial charge is 0.494 e. The van der Waals surface area contributed by atoms with Crippen LogP contribution >= 0.6 is 0 Å². The van der Waals surface area contributed by atoms with Crippen molar-refractivity contribution < 1.29 is 9.47 Å². The average Bonchev–Trinajstić information content (AvgIpc) is 2.72. The zero-order valence-electron chi connectivity index (χ0n) is 16.2. The second-order valence-corrected chi connectivity index (χ2v) is 6.62. The standard InChI is InChI=1S/C22H29N3O2/c1-3-14-26-18-8-6-7-17(16-18)11-13-24-22(23-2)25-20-12-15-27-21-10-5-4-9-19(20)21/h4-10,16,20H,3,11-15H2,1-2H3,(H2,23,24,25). The maximum Gasteiger partial charge on any atom is 0.191 e. The second kappa shape index (κ2) is 9.86. The van der Waals surface area contributed by atoms with E-state index in [0.29, 0.717) is 0 Å². The van der Waals surface area contributed by atoms with Gasteiger partial charge < -0.3 is 20.1 Å². The molecule has 3 rings (SSSR count). The number of rotatable bonds is 7. The van der Waals surface area contributed by atoms with E-state index in [-0.39, 0.29) is 6.04 Å². The molecule has 0 saturated heterocycles. The third-order valence-corrected chi connectivity index (χ3v) is 4.57. The van der Waals surface area contributed by atoms with E-state index in [0.717, 1.165) is 56.5 Å². The first-order valence-corrected chi connectivity index (χ1v) is 9.70. The van der Waals surface area contributed by atoms with Crippen LogP contribution in [0.15, 0.2) is 53.5 Å². The van der Waals surface area contributed by atoms with Crippen molar-refractivity contribution in [2.75, 3.05) is 26.8 Å². The Kier molecular flexibility index (Phi) is 6.97. The van der Waals surface area contributed by atoms with Gasteiger partial charge in [0.25, 0.3) is 0 Å². The molecule has 0 radical (unpaired) electrons. The van der Waals surface area contributed by atoms with Crippen LogP contribution in [0.4, 0.5) is 0 Å². The summed E-state index contributed by atoms with van der Waals surface area (Å²) >= 11 is 0. The van der Waals surface area contributed by atoms with Gasteiger partial charge >= 0.3 is 0 Å². The van der Waals surface area contributed by atoms with Crippen LogP contribution in [-0.2, 0) is 6.42 Å². The molecule has 0 saturated carbocycles. The van der Waals surface area contributed by atoms with Gasteiger partial charge in [-0.2, -0.15) is 0 Å². The molecule has 2 aromatic rings. The molecular weight excluding hydrogens is 338 g/mol. The Morgan fingerprint density at radius 2 is 2.11 bits per heavy atom. The monoisotopic (exact) mass is 367 g/mol. The molecule has 1 heterocycles. The van der Waals surface area contributed by atoms with E-state index in [2.05, 4.69) is 40.7 Å². The molecule has 0 spiro atoms. The predicted molar refractivity (Wildman–Crippen MR) is 110 cm³/mol. The fourth-order valence-electron chi connectivity index (χ4n) is 3.19. The molecule has 1 aliphatic heterocycles. The summed E-state index contributed by atoms with van der Waals surface area (Å²) in [5.41, 5.74) is 2.44. The molecule has 5 nitrogen and oxygen atoms in total. The van der Waals surface area contributed by atoms with Crippen molar-refractivity contribution in [2.45, 2.75) is 32.2 Å². The molecule has 2 N–H and O–H groups in total. The van der Waals surface area contributed by atoms with Gasteiger partial charge in [-0.3, -0.25) is 4.99 Å². The van der Waals surface area contributed by atoms with Crippen molar-refractivity contribution in [2.24, 2.45) is 4.99 Å². The lowest BCUT2D eigenvalue weighted by atomic mass is 10.0. The van der Waals surface area contributed by atoms with E-state index in [1.165, 1.54) is 11.1 Å². The normalized spacial score (nSPS) is 16.2. The number of benzene rings is 2. The van der Waals surface area contributed by atoms with Crippen molar-refractivity contribution in [3.8, 4) is 11.5 Å². The van der Waals surface area contributed by atoms with Crippen molar-refractivity contribution in [1.29, 1.82) is 0 Å². The third-order valence-electron chi connectivity index (χ3n) is 4.57. The molecule has 5 heteroatoms. The molecule has 1 unspecified atom stereocenters. The maximum atomic E-state index is 5.73. The summed E-state index contributed by atoms with van der Waals surface area (Å²) in [6.07, 6.45) is 2.85. The van der Waals surface area contributed by atoms with Crippen LogP contribution in [0.3, 0.4) is 0 Å². The quantitative estimate of drug-likeness (QED) is 0.579. The van der Waals surface area contributed by atoms with E-state index in [4.69, 9.17) is 9.47 Å². The minimum Gasteiger partial charge on any atom is -0.494 e. The predicted octanol–water partition coefficient (Wildman–Crippen LogP) is 3.71. The minimum atomic E-state index is 0.215. The zero-order valence-corrected chi connectivity index (χ0v) is 16.2. The molecule has 0 aromatic heterocycles. The van der Waals surface area contributed by atoms with E-state index in [1.54, 1.807) is 7.05 Å². The highest BCUT2D eigenvalue weighted by Crippen LogP contribution is 2.31. The molecular formula is C22H29N3O2.